The molecule has 0 amide bonds. The normalized spacial score (nSPS) is 10.5. The number of benzene rings is 2. The Hall–Kier alpha value is -0.930. The molecule has 0 bridgehead atoms. The van der Waals surface area contributed by atoms with Crippen LogP contribution in [0.5, 0.6) is 11.5 Å². The molecule has 5 heteroatoms. The molecule has 0 spiro atoms. The van der Waals surface area contributed by atoms with Gasteiger partial charge in [0.2, 0.25) is 0 Å². The van der Waals surface area contributed by atoms with Gasteiger partial charge in [-0.15, -0.1) is 0 Å². The summed E-state index contributed by atoms with van der Waals surface area (Å²) in [7, 11) is 1.88. The van der Waals surface area contributed by atoms with Gasteiger partial charge >= 0.3 is 0 Å². The van der Waals surface area contributed by atoms with Crippen LogP contribution in [0, 0.1) is 0 Å². The fourth-order valence-corrected chi connectivity index (χ4v) is 2.19. The first-order chi connectivity index (χ1) is 9.11. The van der Waals surface area contributed by atoms with E-state index in [-0.39, 0.29) is 0 Å². The van der Waals surface area contributed by atoms with Crippen molar-refractivity contribution in [2.24, 2.45) is 0 Å². The van der Waals surface area contributed by atoms with Crippen LogP contribution in [0.4, 0.5) is 0 Å². The summed E-state index contributed by atoms with van der Waals surface area (Å²) in [6, 6.07) is 10.8. The van der Waals surface area contributed by atoms with Crippen LogP contribution in [0.25, 0.3) is 0 Å². The number of rotatable bonds is 4. The maximum atomic E-state index is 6.18. The summed E-state index contributed by atoms with van der Waals surface area (Å²) < 4.78 is 5.69. The van der Waals surface area contributed by atoms with E-state index in [9.17, 15) is 0 Å². The summed E-state index contributed by atoms with van der Waals surface area (Å²) in [5.74, 6) is 1.03. The molecule has 1 N–H and O–H groups in total. The Morgan fingerprint density at radius 2 is 1.79 bits per heavy atom. The molecule has 2 aromatic rings. The van der Waals surface area contributed by atoms with Crippen LogP contribution >= 0.6 is 34.8 Å². The van der Waals surface area contributed by atoms with Gasteiger partial charge in [0.1, 0.15) is 16.5 Å². The van der Waals surface area contributed by atoms with E-state index >= 15 is 0 Å². The molecule has 0 aromatic heterocycles. The lowest BCUT2D eigenvalue weighted by Crippen LogP contribution is -2.04. The van der Waals surface area contributed by atoms with Gasteiger partial charge in [0, 0.05) is 6.54 Å². The molecule has 19 heavy (non-hydrogen) atoms. The zero-order valence-corrected chi connectivity index (χ0v) is 12.5. The summed E-state index contributed by atoms with van der Waals surface area (Å²) in [5, 5.41) is 4.41. The zero-order chi connectivity index (χ0) is 13.8. The Balaban J connectivity index is 2.26. The number of halogens is 3. The minimum atomic E-state index is 0.375. The second kappa shape index (κ2) is 6.49. The first kappa shape index (κ1) is 14.5. The highest BCUT2D eigenvalue weighted by Gasteiger charge is 2.09. The van der Waals surface area contributed by atoms with E-state index in [0.717, 1.165) is 12.1 Å². The van der Waals surface area contributed by atoms with Crippen LogP contribution < -0.4 is 10.1 Å². The van der Waals surface area contributed by atoms with E-state index in [2.05, 4.69) is 5.32 Å². The van der Waals surface area contributed by atoms with Gasteiger partial charge in [0.15, 0.2) is 0 Å². The van der Waals surface area contributed by atoms with E-state index in [4.69, 9.17) is 39.5 Å². The van der Waals surface area contributed by atoms with Crippen LogP contribution in [-0.4, -0.2) is 7.05 Å². The molecule has 2 nitrogen and oxygen atoms in total. The SMILES string of the molecule is CNCc1ccc(Oc2cccc(Cl)c2Cl)c(Cl)c1. The lowest BCUT2D eigenvalue weighted by molar-refractivity contribution is 0.483. The Morgan fingerprint density at radius 3 is 2.47 bits per heavy atom. The summed E-state index contributed by atoms with van der Waals surface area (Å²) in [6.07, 6.45) is 0. The maximum Gasteiger partial charge on any atom is 0.147 e. The van der Waals surface area contributed by atoms with Gasteiger partial charge in [-0.05, 0) is 36.9 Å². The van der Waals surface area contributed by atoms with Crippen molar-refractivity contribution in [3.8, 4) is 11.5 Å². The lowest BCUT2D eigenvalue weighted by atomic mass is 10.2. The number of hydrogen-bond donors (Lipinski definition) is 1. The standard InChI is InChI=1S/C14H12Cl3NO/c1-18-8-9-5-6-12(11(16)7-9)19-13-4-2-3-10(15)14(13)17/h2-7,18H,8H2,1H3. The zero-order valence-electron chi connectivity index (χ0n) is 10.2. The van der Waals surface area contributed by atoms with Crippen molar-refractivity contribution in [2.45, 2.75) is 6.54 Å². The van der Waals surface area contributed by atoms with Crippen LogP contribution in [-0.2, 0) is 6.54 Å². The van der Waals surface area contributed by atoms with Crippen molar-refractivity contribution in [3.63, 3.8) is 0 Å². The van der Waals surface area contributed by atoms with Gasteiger partial charge in [0.05, 0.1) is 10.0 Å². The molecule has 0 unspecified atom stereocenters. The fraction of sp³-hybridized carbons (Fsp3) is 0.143. The Morgan fingerprint density at radius 1 is 1.00 bits per heavy atom. The van der Waals surface area contributed by atoms with Gasteiger partial charge in [-0.2, -0.15) is 0 Å². The van der Waals surface area contributed by atoms with E-state index in [1.54, 1.807) is 18.2 Å². The number of nitrogens with one attached hydrogen (secondary N) is 1. The van der Waals surface area contributed by atoms with Crippen LogP contribution in [0.2, 0.25) is 15.1 Å². The molecule has 0 heterocycles. The molecule has 0 radical (unpaired) electrons. The molecule has 0 fully saturated rings. The molecule has 0 saturated heterocycles. The third-order valence-electron chi connectivity index (χ3n) is 2.51. The topological polar surface area (TPSA) is 21.3 Å². The van der Waals surface area contributed by atoms with Crippen molar-refractivity contribution in [2.75, 3.05) is 7.05 Å². The van der Waals surface area contributed by atoms with Gasteiger partial charge in [-0.3, -0.25) is 0 Å². The van der Waals surface area contributed by atoms with E-state index in [1.165, 1.54) is 0 Å². The van der Waals surface area contributed by atoms with Crippen molar-refractivity contribution in [1.82, 2.24) is 5.32 Å². The van der Waals surface area contributed by atoms with Crippen molar-refractivity contribution < 1.29 is 4.74 Å². The second-order valence-electron chi connectivity index (χ2n) is 3.95. The van der Waals surface area contributed by atoms with Crippen molar-refractivity contribution in [1.29, 1.82) is 0 Å². The first-order valence-electron chi connectivity index (χ1n) is 5.66. The van der Waals surface area contributed by atoms with Gasteiger partial charge in [-0.1, -0.05) is 46.9 Å². The van der Waals surface area contributed by atoms with E-state index in [0.29, 0.717) is 26.6 Å². The quantitative estimate of drug-likeness (QED) is 0.841. The Kier molecular flexibility index (Phi) is 4.94. The second-order valence-corrected chi connectivity index (χ2v) is 5.14. The Labute approximate surface area is 127 Å². The first-order valence-corrected chi connectivity index (χ1v) is 6.80. The number of ether oxygens (including phenoxy) is 1. The molecule has 0 atom stereocenters. The van der Waals surface area contributed by atoms with Gasteiger partial charge in [-0.25, -0.2) is 0 Å². The minimum absolute atomic E-state index is 0.375. The third kappa shape index (κ3) is 3.54. The van der Waals surface area contributed by atoms with E-state index in [1.807, 2.05) is 25.2 Å². The molecule has 0 aliphatic heterocycles. The summed E-state index contributed by atoms with van der Waals surface area (Å²) >= 11 is 18.2. The van der Waals surface area contributed by atoms with Crippen molar-refractivity contribution in [3.05, 3.63) is 57.0 Å². The largest absolute Gasteiger partial charge is 0.454 e. The van der Waals surface area contributed by atoms with Gasteiger partial charge < -0.3 is 10.1 Å². The molecule has 0 aliphatic rings. The van der Waals surface area contributed by atoms with Crippen LogP contribution in [0.3, 0.4) is 0 Å². The molecule has 100 valence electrons. The van der Waals surface area contributed by atoms with Crippen molar-refractivity contribution >= 4 is 34.8 Å². The predicted molar refractivity (Wildman–Crippen MR) is 80.8 cm³/mol. The maximum absolute atomic E-state index is 6.18. The Bertz CT molecular complexity index is 587. The summed E-state index contributed by atoms with van der Waals surface area (Å²) in [4.78, 5) is 0. The smallest absolute Gasteiger partial charge is 0.147 e. The average Bonchev–Trinajstić information content (AvgIpc) is 2.38. The predicted octanol–water partition coefficient (Wildman–Crippen LogP) is 5.16. The molecular weight excluding hydrogens is 305 g/mol. The summed E-state index contributed by atoms with van der Waals surface area (Å²) in [5.41, 5.74) is 1.08. The highest BCUT2D eigenvalue weighted by atomic mass is 35.5. The lowest BCUT2D eigenvalue weighted by Gasteiger charge is -2.11. The minimum Gasteiger partial charge on any atom is -0.454 e. The molecule has 0 aliphatic carbocycles. The molecule has 2 aromatic carbocycles. The highest BCUT2D eigenvalue weighted by molar-refractivity contribution is 6.43. The summed E-state index contributed by atoms with van der Waals surface area (Å²) in [6.45, 7) is 0.748. The van der Waals surface area contributed by atoms with Gasteiger partial charge in [0.25, 0.3) is 0 Å². The van der Waals surface area contributed by atoms with Crippen LogP contribution in [0.15, 0.2) is 36.4 Å². The fourth-order valence-electron chi connectivity index (χ4n) is 1.62. The molecule has 0 saturated carbocycles. The highest BCUT2D eigenvalue weighted by Crippen LogP contribution is 2.37. The molecule has 2 rings (SSSR count). The van der Waals surface area contributed by atoms with E-state index < -0.39 is 0 Å². The third-order valence-corrected chi connectivity index (χ3v) is 3.61. The number of hydrogen-bond acceptors (Lipinski definition) is 2. The molecular formula is C14H12Cl3NO. The monoisotopic (exact) mass is 315 g/mol. The van der Waals surface area contributed by atoms with Crippen LogP contribution in [0.1, 0.15) is 5.56 Å². The average molecular weight is 317 g/mol.